The molecule has 0 aliphatic rings. The van der Waals surface area contributed by atoms with Crippen molar-refractivity contribution in [2.45, 2.75) is 18.9 Å². The van der Waals surface area contributed by atoms with Gasteiger partial charge >= 0.3 is 0 Å². The van der Waals surface area contributed by atoms with E-state index in [2.05, 4.69) is 4.98 Å². The highest BCUT2D eigenvalue weighted by atomic mass is 19.1. The van der Waals surface area contributed by atoms with Crippen LogP contribution in [0.3, 0.4) is 0 Å². The number of hydrogen-bond acceptors (Lipinski definition) is 3. The lowest BCUT2D eigenvalue weighted by Crippen LogP contribution is -2.27. The molecule has 1 aromatic heterocycles. The zero-order valence-electron chi connectivity index (χ0n) is 10.9. The molecule has 1 heterocycles. The van der Waals surface area contributed by atoms with Crippen LogP contribution in [0.15, 0.2) is 42.6 Å². The summed E-state index contributed by atoms with van der Waals surface area (Å²) in [6, 6.07) is 9.96. The minimum Gasteiger partial charge on any atom is -0.497 e. The van der Waals surface area contributed by atoms with Gasteiger partial charge in [-0.25, -0.2) is 4.39 Å². The van der Waals surface area contributed by atoms with Crippen molar-refractivity contribution in [3.8, 4) is 5.75 Å². The predicted octanol–water partition coefficient (Wildman–Crippen LogP) is 2.88. The first kappa shape index (κ1) is 13.5. The maximum atomic E-state index is 12.9. The highest BCUT2D eigenvalue weighted by Crippen LogP contribution is 2.33. The number of rotatable bonds is 4. The van der Waals surface area contributed by atoms with Crippen molar-refractivity contribution in [2.75, 3.05) is 7.11 Å². The number of halogens is 1. The predicted molar refractivity (Wildman–Crippen MR) is 70.5 cm³/mol. The largest absolute Gasteiger partial charge is 0.497 e. The molecule has 19 heavy (non-hydrogen) atoms. The number of methoxy groups -OCH3 is 1. The van der Waals surface area contributed by atoms with Crippen LogP contribution in [0.2, 0.25) is 0 Å². The molecule has 100 valence electrons. The molecule has 0 aliphatic heterocycles. The van der Waals surface area contributed by atoms with Crippen molar-refractivity contribution in [2.24, 2.45) is 0 Å². The van der Waals surface area contributed by atoms with Gasteiger partial charge in [-0.15, -0.1) is 0 Å². The van der Waals surface area contributed by atoms with Crippen LogP contribution in [0.1, 0.15) is 24.6 Å². The lowest BCUT2D eigenvalue weighted by Gasteiger charge is -2.27. The van der Waals surface area contributed by atoms with Crippen LogP contribution in [0, 0.1) is 5.82 Å². The van der Waals surface area contributed by atoms with Gasteiger partial charge in [0.25, 0.3) is 0 Å². The molecule has 2 aromatic rings. The normalized spacial score (nSPS) is 13.9. The number of hydrogen-bond donors (Lipinski definition) is 1. The van der Waals surface area contributed by atoms with Crippen LogP contribution in [-0.2, 0) is 5.60 Å². The number of pyridine rings is 1. The molecule has 0 spiro atoms. The third kappa shape index (κ3) is 2.58. The fraction of sp³-hybridized carbons (Fsp3) is 0.267. The molecule has 4 heteroatoms. The molecular formula is C15H16FNO2. The van der Waals surface area contributed by atoms with Crippen LogP contribution in [0.25, 0.3) is 0 Å². The molecule has 1 N–H and O–H groups in total. The van der Waals surface area contributed by atoms with Gasteiger partial charge in [-0.05, 0) is 36.2 Å². The summed E-state index contributed by atoms with van der Waals surface area (Å²) in [5.74, 6) is 0.235. The summed E-state index contributed by atoms with van der Waals surface area (Å²) < 4.78 is 18.1. The highest BCUT2D eigenvalue weighted by molar-refractivity contribution is 5.37. The molecular weight excluding hydrogens is 245 g/mol. The van der Waals surface area contributed by atoms with Gasteiger partial charge in [0, 0.05) is 0 Å². The van der Waals surface area contributed by atoms with E-state index in [1.54, 1.807) is 31.4 Å². The van der Waals surface area contributed by atoms with Crippen molar-refractivity contribution in [3.63, 3.8) is 0 Å². The molecule has 0 amide bonds. The van der Waals surface area contributed by atoms with Gasteiger partial charge in [-0.3, -0.25) is 4.98 Å². The van der Waals surface area contributed by atoms with Crippen LogP contribution in [0.4, 0.5) is 4.39 Å². The van der Waals surface area contributed by atoms with E-state index in [9.17, 15) is 9.50 Å². The van der Waals surface area contributed by atoms with Gasteiger partial charge in [0.1, 0.15) is 17.2 Å². The molecule has 3 nitrogen and oxygen atoms in total. The van der Waals surface area contributed by atoms with Crippen molar-refractivity contribution in [1.82, 2.24) is 4.98 Å². The minimum atomic E-state index is -1.25. The average Bonchev–Trinajstić information content (AvgIpc) is 2.47. The fourth-order valence-electron chi connectivity index (χ4n) is 2.03. The first-order valence-corrected chi connectivity index (χ1v) is 6.09. The lowest BCUT2D eigenvalue weighted by molar-refractivity contribution is 0.0715. The Morgan fingerprint density at radius 3 is 2.68 bits per heavy atom. The SMILES string of the molecule is CCC(O)(c1cccc(OC)c1)c1ccc(F)cn1. The maximum Gasteiger partial charge on any atom is 0.141 e. The Morgan fingerprint density at radius 2 is 2.11 bits per heavy atom. The van der Waals surface area contributed by atoms with E-state index in [0.29, 0.717) is 23.4 Å². The topological polar surface area (TPSA) is 42.4 Å². The van der Waals surface area contributed by atoms with Crippen LogP contribution in [0.5, 0.6) is 5.75 Å². The molecule has 1 unspecified atom stereocenters. The second-order valence-corrected chi connectivity index (χ2v) is 4.31. The first-order valence-electron chi connectivity index (χ1n) is 6.09. The fourth-order valence-corrected chi connectivity index (χ4v) is 2.03. The standard InChI is InChI=1S/C15H16FNO2/c1-3-15(18,14-8-7-12(16)10-17-14)11-5-4-6-13(9-11)19-2/h4-10,18H,3H2,1-2H3. The Kier molecular flexibility index (Phi) is 3.81. The smallest absolute Gasteiger partial charge is 0.141 e. The Hall–Kier alpha value is -1.94. The third-order valence-corrected chi connectivity index (χ3v) is 3.21. The van der Waals surface area contributed by atoms with Crippen molar-refractivity contribution in [3.05, 3.63) is 59.7 Å². The third-order valence-electron chi connectivity index (χ3n) is 3.21. The quantitative estimate of drug-likeness (QED) is 0.920. The molecule has 0 aliphatic carbocycles. The zero-order chi connectivity index (χ0) is 13.9. The second kappa shape index (κ2) is 5.36. The molecule has 1 aromatic carbocycles. The molecule has 1 atom stereocenters. The molecule has 0 saturated carbocycles. The first-order chi connectivity index (χ1) is 9.10. The van der Waals surface area contributed by atoms with E-state index < -0.39 is 11.4 Å². The van der Waals surface area contributed by atoms with Crippen molar-refractivity contribution >= 4 is 0 Å². The number of aromatic nitrogens is 1. The van der Waals surface area contributed by atoms with Crippen LogP contribution in [-0.4, -0.2) is 17.2 Å². The Balaban J connectivity index is 2.49. The summed E-state index contributed by atoms with van der Waals surface area (Å²) in [6.07, 6.45) is 1.54. The maximum absolute atomic E-state index is 12.9. The number of aliphatic hydroxyl groups is 1. The van der Waals surface area contributed by atoms with E-state index in [-0.39, 0.29) is 0 Å². The van der Waals surface area contributed by atoms with E-state index in [1.165, 1.54) is 12.1 Å². The number of nitrogens with zero attached hydrogens (tertiary/aromatic N) is 1. The van der Waals surface area contributed by atoms with Gasteiger partial charge in [0.05, 0.1) is 19.0 Å². The molecule has 0 fully saturated rings. The Labute approximate surface area is 111 Å². The summed E-state index contributed by atoms with van der Waals surface area (Å²) in [7, 11) is 1.57. The van der Waals surface area contributed by atoms with E-state index in [1.807, 2.05) is 6.92 Å². The van der Waals surface area contributed by atoms with Crippen molar-refractivity contribution < 1.29 is 14.2 Å². The van der Waals surface area contributed by atoms with E-state index >= 15 is 0 Å². The monoisotopic (exact) mass is 261 g/mol. The summed E-state index contributed by atoms with van der Waals surface area (Å²) in [5, 5.41) is 10.8. The number of ether oxygens (including phenoxy) is 1. The van der Waals surface area contributed by atoms with Crippen molar-refractivity contribution in [1.29, 1.82) is 0 Å². The van der Waals surface area contributed by atoms with Gasteiger partial charge in [-0.2, -0.15) is 0 Å². The van der Waals surface area contributed by atoms with Gasteiger partial charge in [0.2, 0.25) is 0 Å². The number of benzene rings is 1. The van der Waals surface area contributed by atoms with E-state index in [4.69, 9.17) is 4.74 Å². The van der Waals surface area contributed by atoms with Gasteiger partial charge in [-0.1, -0.05) is 19.1 Å². The summed E-state index contributed by atoms with van der Waals surface area (Å²) in [6.45, 7) is 1.85. The highest BCUT2D eigenvalue weighted by Gasteiger charge is 2.31. The Morgan fingerprint density at radius 1 is 1.32 bits per heavy atom. The summed E-state index contributed by atoms with van der Waals surface area (Å²) in [5.41, 5.74) is -0.152. The lowest BCUT2D eigenvalue weighted by atomic mass is 9.87. The van der Waals surface area contributed by atoms with Crippen LogP contribution >= 0.6 is 0 Å². The Bertz CT molecular complexity index is 556. The minimum absolute atomic E-state index is 0.421. The average molecular weight is 261 g/mol. The second-order valence-electron chi connectivity index (χ2n) is 4.31. The van der Waals surface area contributed by atoms with Crippen LogP contribution < -0.4 is 4.74 Å². The summed E-state index contributed by atoms with van der Waals surface area (Å²) in [4.78, 5) is 3.99. The van der Waals surface area contributed by atoms with E-state index in [0.717, 1.165) is 6.20 Å². The van der Waals surface area contributed by atoms with Gasteiger partial charge < -0.3 is 9.84 Å². The molecule has 0 saturated heterocycles. The zero-order valence-corrected chi connectivity index (χ0v) is 10.9. The molecule has 2 rings (SSSR count). The summed E-state index contributed by atoms with van der Waals surface area (Å²) >= 11 is 0. The van der Waals surface area contributed by atoms with Gasteiger partial charge in [0.15, 0.2) is 0 Å². The molecule has 0 radical (unpaired) electrons. The molecule has 0 bridgehead atoms.